The van der Waals surface area contributed by atoms with E-state index in [0.717, 1.165) is 37.7 Å². The summed E-state index contributed by atoms with van der Waals surface area (Å²) in [6, 6.07) is 0. The van der Waals surface area contributed by atoms with Gasteiger partial charge in [-0.2, -0.15) is 0 Å². The summed E-state index contributed by atoms with van der Waals surface area (Å²) in [5, 5.41) is 8.52. The van der Waals surface area contributed by atoms with Gasteiger partial charge in [-0.15, -0.1) is 5.73 Å². The Labute approximate surface area is 123 Å². The van der Waals surface area contributed by atoms with Crippen LogP contribution in [0.4, 0.5) is 0 Å². The minimum atomic E-state index is -0.809. The van der Waals surface area contributed by atoms with Crippen LogP contribution in [0.2, 0.25) is 0 Å². The standard InChI is InChI=1S/C18H28O2/c1-5-15(2)9-6-10-16(3)11-7-12-17(4)13-8-14-18(19)20/h8-9,11H,5-7,10,12,14H2,1-4H3,(H,19,20)/b15-9+,16-11+. The molecule has 0 aromatic heterocycles. The van der Waals surface area contributed by atoms with Crippen molar-refractivity contribution in [2.75, 3.05) is 0 Å². The lowest BCUT2D eigenvalue weighted by Crippen LogP contribution is -1.89. The minimum absolute atomic E-state index is 0.0509. The van der Waals surface area contributed by atoms with Crippen molar-refractivity contribution in [1.82, 2.24) is 0 Å². The average molecular weight is 276 g/mol. The number of hydrogen-bond donors (Lipinski definition) is 1. The molecule has 0 unspecified atom stereocenters. The molecule has 2 heteroatoms. The third-order valence-electron chi connectivity index (χ3n) is 3.23. The molecule has 0 aromatic carbocycles. The summed E-state index contributed by atoms with van der Waals surface area (Å²) in [6.07, 6.45) is 11.6. The highest BCUT2D eigenvalue weighted by Crippen LogP contribution is 2.11. The zero-order valence-corrected chi connectivity index (χ0v) is 13.3. The lowest BCUT2D eigenvalue weighted by atomic mass is 10.1. The summed E-state index contributed by atoms with van der Waals surface area (Å²) in [5.41, 5.74) is 7.02. The summed E-state index contributed by atoms with van der Waals surface area (Å²) in [6.45, 7) is 8.53. The van der Waals surface area contributed by atoms with Gasteiger partial charge in [-0.1, -0.05) is 30.2 Å². The molecule has 2 nitrogen and oxygen atoms in total. The minimum Gasteiger partial charge on any atom is -0.481 e. The lowest BCUT2D eigenvalue weighted by Gasteiger charge is -2.00. The first-order valence-electron chi connectivity index (χ1n) is 7.39. The molecule has 0 rings (SSSR count). The Bertz CT molecular complexity index is 419. The van der Waals surface area contributed by atoms with Crippen molar-refractivity contribution in [3.63, 3.8) is 0 Å². The van der Waals surface area contributed by atoms with Crippen LogP contribution in [0, 0.1) is 0 Å². The Morgan fingerprint density at radius 2 is 1.65 bits per heavy atom. The van der Waals surface area contributed by atoms with Crippen LogP contribution in [-0.4, -0.2) is 11.1 Å². The average Bonchev–Trinajstić information content (AvgIpc) is 2.38. The van der Waals surface area contributed by atoms with E-state index in [0.29, 0.717) is 0 Å². The van der Waals surface area contributed by atoms with E-state index in [2.05, 4.69) is 38.7 Å². The topological polar surface area (TPSA) is 37.3 Å². The van der Waals surface area contributed by atoms with E-state index in [1.165, 1.54) is 11.1 Å². The summed E-state index contributed by atoms with van der Waals surface area (Å²) < 4.78 is 0. The third-order valence-corrected chi connectivity index (χ3v) is 3.23. The molecule has 112 valence electrons. The molecule has 0 aliphatic rings. The highest BCUT2D eigenvalue weighted by molar-refractivity contribution is 5.68. The van der Waals surface area contributed by atoms with Gasteiger partial charge < -0.3 is 5.11 Å². The summed E-state index contributed by atoms with van der Waals surface area (Å²) in [4.78, 5) is 10.4. The van der Waals surface area contributed by atoms with Gasteiger partial charge in [0.1, 0.15) is 0 Å². The Balaban J connectivity index is 4.04. The van der Waals surface area contributed by atoms with E-state index in [1.54, 1.807) is 6.08 Å². The number of carbonyl (C=O) groups is 1. The number of allylic oxidation sites excluding steroid dienone is 4. The van der Waals surface area contributed by atoms with Gasteiger partial charge in [-0.05, 0) is 64.5 Å². The molecule has 0 aromatic rings. The van der Waals surface area contributed by atoms with Crippen molar-refractivity contribution in [2.24, 2.45) is 0 Å². The second-order valence-corrected chi connectivity index (χ2v) is 5.26. The molecule has 0 saturated carbocycles. The molecule has 1 N–H and O–H groups in total. The summed E-state index contributed by atoms with van der Waals surface area (Å²) in [7, 11) is 0. The molecule has 0 amide bonds. The van der Waals surface area contributed by atoms with Crippen LogP contribution in [0.5, 0.6) is 0 Å². The number of carboxylic acid groups (broad SMARTS) is 1. The molecule has 0 heterocycles. The Hall–Kier alpha value is -1.53. The monoisotopic (exact) mass is 276 g/mol. The lowest BCUT2D eigenvalue weighted by molar-refractivity contribution is -0.135. The molecule has 0 radical (unpaired) electrons. The van der Waals surface area contributed by atoms with Crippen molar-refractivity contribution < 1.29 is 9.90 Å². The Kier molecular flexibility index (Phi) is 10.4. The highest BCUT2D eigenvalue weighted by atomic mass is 16.4. The second kappa shape index (κ2) is 11.3. The van der Waals surface area contributed by atoms with Crippen LogP contribution < -0.4 is 0 Å². The number of hydrogen-bond acceptors (Lipinski definition) is 1. The number of rotatable bonds is 9. The largest absolute Gasteiger partial charge is 0.481 e. The molecular weight excluding hydrogens is 248 g/mol. The van der Waals surface area contributed by atoms with Crippen molar-refractivity contribution in [1.29, 1.82) is 0 Å². The first kappa shape index (κ1) is 18.5. The van der Waals surface area contributed by atoms with Gasteiger partial charge in [0.05, 0.1) is 6.42 Å². The fourth-order valence-electron chi connectivity index (χ4n) is 1.71. The van der Waals surface area contributed by atoms with E-state index in [1.807, 2.05) is 6.92 Å². The van der Waals surface area contributed by atoms with E-state index in [-0.39, 0.29) is 6.42 Å². The summed E-state index contributed by atoms with van der Waals surface area (Å²) >= 11 is 0. The Morgan fingerprint density at radius 3 is 2.25 bits per heavy atom. The predicted molar refractivity (Wildman–Crippen MR) is 85.8 cm³/mol. The fraction of sp³-hybridized carbons (Fsp3) is 0.556. The maximum absolute atomic E-state index is 10.4. The van der Waals surface area contributed by atoms with Crippen LogP contribution in [0.15, 0.2) is 40.7 Å². The molecule has 0 aliphatic carbocycles. The van der Waals surface area contributed by atoms with Gasteiger partial charge >= 0.3 is 5.97 Å². The first-order chi connectivity index (χ1) is 9.45. The van der Waals surface area contributed by atoms with Gasteiger partial charge in [-0.3, -0.25) is 4.79 Å². The molecule has 20 heavy (non-hydrogen) atoms. The predicted octanol–water partition coefficient (Wildman–Crippen LogP) is 5.43. The quantitative estimate of drug-likeness (QED) is 0.450. The SMILES string of the molecule is CC/C(C)=C/CC/C(C)=C/CCC(C)=C=CCC(=O)O. The second-order valence-electron chi connectivity index (χ2n) is 5.26. The van der Waals surface area contributed by atoms with Crippen LogP contribution in [-0.2, 0) is 4.79 Å². The maximum atomic E-state index is 10.4. The highest BCUT2D eigenvalue weighted by Gasteiger charge is 1.92. The van der Waals surface area contributed by atoms with Crippen LogP contribution in [0.25, 0.3) is 0 Å². The first-order valence-corrected chi connectivity index (χ1v) is 7.39. The van der Waals surface area contributed by atoms with E-state index in [4.69, 9.17) is 5.11 Å². The van der Waals surface area contributed by atoms with Gasteiger partial charge in [-0.25, -0.2) is 0 Å². The summed E-state index contributed by atoms with van der Waals surface area (Å²) in [5.74, 6) is -0.809. The smallest absolute Gasteiger partial charge is 0.307 e. The zero-order chi connectivity index (χ0) is 15.4. The molecule has 0 aliphatic heterocycles. The molecule has 0 saturated heterocycles. The van der Waals surface area contributed by atoms with Crippen LogP contribution >= 0.6 is 0 Å². The maximum Gasteiger partial charge on any atom is 0.307 e. The zero-order valence-electron chi connectivity index (χ0n) is 13.3. The molecule has 0 bridgehead atoms. The van der Waals surface area contributed by atoms with Crippen LogP contribution in [0.1, 0.15) is 66.2 Å². The van der Waals surface area contributed by atoms with Gasteiger partial charge in [0.15, 0.2) is 0 Å². The third kappa shape index (κ3) is 11.6. The van der Waals surface area contributed by atoms with Crippen LogP contribution in [0.3, 0.4) is 0 Å². The van der Waals surface area contributed by atoms with E-state index in [9.17, 15) is 4.79 Å². The molecule has 0 fully saturated rings. The van der Waals surface area contributed by atoms with Crippen molar-refractivity contribution in [3.8, 4) is 0 Å². The molecular formula is C18H28O2. The van der Waals surface area contributed by atoms with E-state index >= 15 is 0 Å². The van der Waals surface area contributed by atoms with Crippen molar-refractivity contribution in [2.45, 2.75) is 66.2 Å². The normalized spacial score (nSPS) is 12.0. The van der Waals surface area contributed by atoms with Crippen molar-refractivity contribution >= 4 is 5.97 Å². The number of aliphatic carboxylic acids is 1. The van der Waals surface area contributed by atoms with Gasteiger partial charge in [0.2, 0.25) is 0 Å². The number of carboxylic acids is 1. The van der Waals surface area contributed by atoms with Gasteiger partial charge in [0, 0.05) is 0 Å². The molecule has 0 atom stereocenters. The Morgan fingerprint density at radius 1 is 1.05 bits per heavy atom. The van der Waals surface area contributed by atoms with E-state index < -0.39 is 5.97 Å². The molecule has 0 spiro atoms. The van der Waals surface area contributed by atoms with Crippen molar-refractivity contribution in [3.05, 3.63) is 40.7 Å². The fourth-order valence-corrected chi connectivity index (χ4v) is 1.71. The van der Waals surface area contributed by atoms with Gasteiger partial charge in [0.25, 0.3) is 0 Å².